The third-order valence-electron chi connectivity index (χ3n) is 2.55. The standard InChI is InChI=1S/C13H15BrN2/c1-3-15-8-10-6-9(2)16-13-5-4-11(14)7-12(10)13/h4-7,15H,3,8H2,1-2H3. The van der Waals surface area contributed by atoms with Crippen molar-refractivity contribution in [3.8, 4) is 0 Å². The van der Waals surface area contributed by atoms with Crippen molar-refractivity contribution in [3.63, 3.8) is 0 Å². The first-order chi connectivity index (χ1) is 7.70. The Hall–Kier alpha value is -0.930. The Labute approximate surface area is 104 Å². The highest BCUT2D eigenvalue weighted by atomic mass is 79.9. The van der Waals surface area contributed by atoms with Gasteiger partial charge in [0.25, 0.3) is 0 Å². The molecule has 3 heteroatoms. The van der Waals surface area contributed by atoms with Crippen LogP contribution in [0.4, 0.5) is 0 Å². The summed E-state index contributed by atoms with van der Waals surface area (Å²) in [7, 11) is 0. The summed E-state index contributed by atoms with van der Waals surface area (Å²) in [5, 5.41) is 4.58. The van der Waals surface area contributed by atoms with Crippen LogP contribution in [0.15, 0.2) is 28.7 Å². The zero-order chi connectivity index (χ0) is 11.5. The molecule has 0 bridgehead atoms. The van der Waals surface area contributed by atoms with Gasteiger partial charge in [0.2, 0.25) is 0 Å². The van der Waals surface area contributed by atoms with Crippen molar-refractivity contribution in [2.24, 2.45) is 0 Å². The Kier molecular flexibility index (Phi) is 3.56. The van der Waals surface area contributed by atoms with Crippen molar-refractivity contribution in [2.45, 2.75) is 20.4 Å². The number of fused-ring (bicyclic) bond motifs is 1. The first-order valence-electron chi connectivity index (χ1n) is 5.47. The molecule has 0 aliphatic rings. The van der Waals surface area contributed by atoms with E-state index in [0.29, 0.717) is 0 Å². The lowest BCUT2D eigenvalue weighted by Gasteiger charge is -2.08. The summed E-state index contributed by atoms with van der Waals surface area (Å²) < 4.78 is 1.10. The topological polar surface area (TPSA) is 24.9 Å². The molecule has 0 unspecified atom stereocenters. The number of rotatable bonds is 3. The van der Waals surface area contributed by atoms with Crippen molar-refractivity contribution >= 4 is 26.8 Å². The van der Waals surface area contributed by atoms with Gasteiger partial charge in [-0.05, 0) is 43.3 Å². The van der Waals surface area contributed by atoms with Gasteiger partial charge in [0.1, 0.15) is 0 Å². The largest absolute Gasteiger partial charge is 0.313 e. The molecule has 2 aromatic rings. The summed E-state index contributed by atoms with van der Waals surface area (Å²) in [5.41, 5.74) is 3.45. The molecule has 1 N–H and O–H groups in total. The molecule has 0 saturated heterocycles. The zero-order valence-electron chi connectivity index (χ0n) is 9.55. The second-order valence-electron chi connectivity index (χ2n) is 3.86. The SMILES string of the molecule is CCNCc1cc(C)nc2ccc(Br)cc12. The van der Waals surface area contributed by atoms with E-state index in [4.69, 9.17) is 0 Å². The predicted molar refractivity (Wildman–Crippen MR) is 71.6 cm³/mol. The van der Waals surface area contributed by atoms with Crippen LogP contribution in [0.1, 0.15) is 18.2 Å². The molecule has 84 valence electrons. The van der Waals surface area contributed by atoms with Gasteiger partial charge in [-0.3, -0.25) is 4.98 Å². The minimum absolute atomic E-state index is 0.896. The van der Waals surface area contributed by atoms with E-state index in [1.165, 1.54) is 10.9 Å². The molecule has 0 radical (unpaired) electrons. The second kappa shape index (κ2) is 4.93. The van der Waals surface area contributed by atoms with Crippen molar-refractivity contribution in [1.29, 1.82) is 0 Å². The third-order valence-corrected chi connectivity index (χ3v) is 3.04. The van der Waals surface area contributed by atoms with E-state index < -0.39 is 0 Å². The monoisotopic (exact) mass is 278 g/mol. The molecule has 0 atom stereocenters. The van der Waals surface area contributed by atoms with Crippen LogP contribution < -0.4 is 5.32 Å². The van der Waals surface area contributed by atoms with E-state index >= 15 is 0 Å². The van der Waals surface area contributed by atoms with Crippen LogP contribution in [0.25, 0.3) is 10.9 Å². The summed E-state index contributed by atoms with van der Waals surface area (Å²) in [4.78, 5) is 4.54. The van der Waals surface area contributed by atoms with Gasteiger partial charge in [-0.2, -0.15) is 0 Å². The Morgan fingerprint density at radius 2 is 2.12 bits per heavy atom. The van der Waals surface area contributed by atoms with Gasteiger partial charge in [0.05, 0.1) is 5.52 Å². The maximum Gasteiger partial charge on any atom is 0.0709 e. The number of nitrogens with one attached hydrogen (secondary N) is 1. The Morgan fingerprint density at radius 1 is 1.31 bits per heavy atom. The molecule has 0 aliphatic carbocycles. The number of hydrogen-bond acceptors (Lipinski definition) is 2. The summed E-state index contributed by atoms with van der Waals surface area (Å²) in [5.74, 6) is 0. The van der Waals surface area contributed by atoms with Gasteiger partial charge in [-0.1, -0.05) is 22.9 Å². The van der Waals surface area contributed by atoms with Crippen LogP contribution in [0, 0.1) is 6.92 Å². The molecule has 1 heterocycles. The van der Waals surface area contributed by atoms with E-state index in [0.717, 1.165) is 28.8 Å². The lowest BCUT2D eigenvalue weighted by molar-refractivity contribution is 0.729. The molecule has 1 aromatic heterocycles. The molecular formula is C13H15BrN2. The van der Waals surface area contributed by atoms with Gasteiger partial charge in [0.15, 0.2) is 0 Å². The highest BCUT2D eigenvalue weighted by Crippen LogP contribution is 2.22. The second-order valence-corrected chi connectivity index (χ2v) is 4.78. The van der Waals surface area contributed by atoms with E-state index in [1.807, 2.05) is 13.0 Å². The number of nitrogens with zero attached hydrogens (tertiary/aromatic N) is 1. The average Bonchev–Trinajstić information content (AvgIpc) is 2.26. The molecular weight excluding hydrogens is 264 g/mol. The number of benzene rings is 1. The van der Waals surface area contributed by atoms with Gasteiger partial charge in [0, 0.05) is 22.1 Å². The Morgan fingerprint density at radius 3 is 2.88 bits per heavy atom. The van der Waals surface area contributed by atoms with Crippen LogP contribution in [-0.4, -0.2) is 11.5 Å². The van der Waals surface area contributed by atoms with E-state index in [9.17, 15) is 0 Å². The van der Waals surface area contributed by atoms with E-state index in [2.05, 4.69) is 51.4 Å². The van der Waals surface area contributed by atoms with Crippen molar-refractivity contribution < 1.29 is 0 Å². The molecule has 1 aromatic carbocycles. The molecule has 0 aliphatic heterocycles. The quantitative estimate of drug-likeness (QED) is 0.931. The fourth-order valence-corrected chi connectivity index (χ4v) is 2.18. The number of hydrogen-bond donors (Lipinski definition) is 1. The van der Waals surface area contributed by atoms with Gasteiger partial charge < -0.3 is 5.32 Å². The number of halogens is 1. The first-order valence-corrected chi connectivity index (χ1v) is 6.26. The van der Waals surface area contributed by atoms with Crippen molar-refractivity contribution in [1.82, 2.24) is 10.3 Å². The lowest BCUT2D eigenvalue weighted by atomic mass is 10.1. The van der Waals surface area contributed by atoms with E-state index in [1.54, 1.807) is 0 Å². The van der Waals surface area contributed by atoms with E-state index in [-0.39, 0.29) is 0 Å². The van der Waals surface area contributed by atoms with Crippen LogP contribution in [-0.2, 0) is 6.54 Å². The number of aromatic nitrogens is 1. The minimum atomic E-state index is 0.896. The first kappa shape index (κ1) is 11.6. The van der Waals surface area contributed by atoms with Gasteiger partial charge >= 0.3 is 0 Å². The normalized spacial score (nSPS) is 10.9. The predicted octanol–water partition coefficient (Wildman–Crippen LogP) is 3.42. The number of pyridine rings is 1. The Balaban J connectivity index is 2.55. The minimum Gasteiger partial charge on any atom is -0.313 e. The molecule has 0 fully saturated rings. The van der Waals surface area contributed by atoms with Crippen LogP contribution in [0.5, 0.6) is 0 Å². The summed E-state index contributed by atoms with van der Waals surface area (Å²) in [6.45, 7) is 6.03. The fourth-order valence-electron chi connectivity index (χ4n) is 1.82. The van der Waals surface area contributed by atoms with Crippen LogP contribution in [0.2, 0.25) is 0 Å². The van der Waals surface area contributed by atoms with Gasteiger partial charge in [-0.15, -0.1) is 0 Å². The summed E-state index contributed by atoms with van der Waals surface area (Å²) >= 11 is 3.51. The maximum absolute atomic E-state index is 4.54. The highest BCUT2D eigenvalue weighted by molar-refractivity contribution is 9.10. The number of aryl methyl sites for hydroxylation is 1. The Bertz CT molecular complexity index is 509. The van der Waals surface area contributed by atoms with Gasteiger partial charge in [-0.25, -0.2) is 0 Å². The molecule has 0 saturated carbocycles. The molecule has 0 spiro atoms. The maximum atomic E-state index is 4.54. The smallest absolute Gasteiger partial charge is 0.0709 e. The molecule has 2 nitrogen and oxygen atoms in total. The summed E-state index contributed by atoms with van der Waals surface area (Å²) in [6, 6.07) is 8.37. The van der Waals surface area contributed by atoms with Crippen molar-refractivity contribution in [2.75, 3.05) is 6.54 Å². The average molecular weight is 279 g/mol. The fraction of sp³-hybridized carbons (Fsp3) is 0.308. The highest BCUT2D eigenvalue weighted by Gasteiger charge is 2.04. The molecule has 16 heavy (non-hydrogen) atoms. The van der Waals surface area contributed by atoms with Crippen LogP contribution in [0.3, 0.4) is 0 Å². The molecule has 2 rings (SSSR count). The molecule has 0 amide bonds. The third kappa shape index (κ3) is 2.42. The van der Waals surface area contributed by atoms with Crippen molar-refractivity contribution in [3.05, 3.63) is 40.0 Å². The van der Waals surface area contributed by atoms with Crippen LogP contribution >= 0.6 is 15.9 Å². The zero-order valence-corrected chi connectivity index (χ0v) is 11.1. The summed E-state index contributed by atoms with van der Waals surface area (Å²) in [6.07, 6.45) is 0. The lowest BCUT2D eigenvalue weighted by Crippen LogP contribution is -2.12.